The van der Waals surface area contributed by atoms with Crippen LogP contribution in [0.2, 0.25) is 0 Å². The third-order valence-electron chi connectivity index (χ3n) is 4.12. The quantitative estimate of drug-likeness (QED) is 0.695. The number of methoxy groups -OCH3 is 2. The van der Waals surface area contributed by atoms with Crippen molar-refractivity contribution in [3.05, 3.63) is 58.3 Å². The Balaban J connectivity index is 1.45. The highest BCUT2D eigenvalue weighted by molar-refractivity contribution is 8.03. The number of rotatable bonds is 5. The summed E-state index contributed by atoms with van der Waals surface area (Å²) in [5.74, 6) is 0.960. The van der Waals surface area contributed by atoms with Gasteiger partial charge in [-0.2, -0.15) is 0 Å². The number of ether oxygens (including phenoxy) is 2. The van der Waals surface area contributed by atoms with Gasteiger partial charge in [0.15, 0.2) is 0 Å². The number of aromatic nitrogens is 2. The van der Waals surface area contributed by atoms with Crippen molar-refractivity contribution in [3.63, 3.8) is 0 Å². The number of pyridine rings is 1. The van der Waals surface area contributed by atoms with Crippen LogP contribution < -0.4 is 14.8 Å². The fourth-order valence-corrected chi connectivity index (χ4v) is 4.97. The van der Waals surface area contributed by atoms with E-state index in [2.05, 4.69) is 15.3 Å². The highest BCUT2D eigenvalue weighted by Gasteiger charge is 2.24. The number of hydrogen-bond donors (Lipinski definition) is 1. The number of thioether (sulfide) groups is 1. The minimum atomic E-state index is -0.194. The molecule has 8 heteroatoms. The first-order chi connectivity index (χ1) is 13.2. The van der Waals surface area contributed by atoms with Gasteiger partial charge in [0.25, 0.3) is 5.91 Å². The largest absolute Gasteiger partial charge is 0.497 e. The third kappa shape index (κ3) is 3.77. The molecule has 1 aromatic carbocycles. The van der Waals surface area contributed by atoms with E-state index in [1.165, 1.54) is 0 Å². The van der Waals surface area contributed by atoms with Crippen molar-refractivity contribution in [3.8, 4) is 11.5 Å². The van der Waals surface area contributed by atoms with Crippen LogP contribution in [0, 0.1) is 0 Å². The number of carbonyl (C=O) groups excluding carboxylic acids is 1. The van der Waals surface area contributed by atoms with Crippen LogP contribution in [0.25, 0.3) is 10.2 Å². The Morgan fingerprint density at radius 2 is 2.00 bits per heavy atom. The number of benzene rings is 1. The summed E-state index contributed by atoms with van der Waals surface area (Å²) in [5, 5.41) is 5.06. The summed E-state index contributed by atoms with van der Waals surface area (Å²) in [4.78, 5) is 21.4. The summed E-state index contributed by atoms with van der Waals surface area (Å²) in [6.07, 6.45) is 6.42. The van der Waals surface area contributed by atoms with E-state index in [0.29, 0.717) is 17.1 Å². The molecule has 2 aromatic heterocycles. The first-order valence-electron chi connectivity index (χ1n) is 8.28. The summed E-state index contributed by atoms with van der Waals surface area (Å²) in [7, 11) is 3.12. The van der Waals surface area contributed by atoms with Crippen LogP contribution in [0.1, 0.15) is 27.0 Å². The van der Waals surface area contributed by atoms with Crippen LogP contribution >= 0.6 is 23.1 Å². The van der Waals surface area contributed by atoms with E-state index in [4.69, 9.17) is 9.47 Å². The first kappa shape index (κ1) is 17.8. The number of fused-ring (bicyclic) bond motifs is 1. The molecule has 4 rings (SSSR count). The zero-order chi connectivity index (χ0) is 18.8. The second kappa shape index (κ2) is 7.58. The van der Waals surface area contributed by atoms with Crippen molar-refractivity contribution >= 4 is 39.2 Å². The zero-order valence-electron chi connectivity index (χ0n) is 14.8. The average molecular weight is 399 g/mol. The van der Waals surface area contributed by atoms with E-state index < -0.39 is 0 Å². The number of carbonyl (C=O) groups is 1. The molecule has 1 unspecified atom stereocenters. The number of allylic oxidation sites excluding steroid dienone is 1. The molecule has 0 aliphatic carbocycles. The molecule has 0 radical (unpaired) electrons. The molecule has 1 atom stereocenters. The standard InChI is InChI=1S/C19H17N3O3S2/c1-24-12-7-11(8-13(9-12)25-2)18(23)22-17-4-3-16(26-17)19-21-14-10-20-6-5-15(14)27-19/h4-10,16H,3H2,1-2H3,(H,22,23). The monoisotopic (exact) mass is 399 g/mol. The zero-order valence-corrected chi connectivity index (χ0v) is 16.4. The molecule has 1 aliphatic heterocycles. The van der Waals surface area contributed by atoms with E-state index in [1.54, 1.807) is 67.9 Å². The van der Waals surface area contributed by atoms with Gasteiger partial charge in [0.05, 0.1) is 40.9 Å². The van der Waals surface area contributed by atoms with Gasteiger partial charge in [-0.15, -0.1) is 11.3 Å². The number of thiazole rings is 1. The number of nitrogens with one attached hydrogen (secondary N) is 1. The van der Waals surface area contributed by atoms with Gasteiger partial charge < -0.3 is 14.8 Å². The van der Waals surface area contributed by atoms with Crippen molar-refractivity contribution < 1.29 is 14.3 Å². The van der Waals surface area contributed by atoms with E-state index in [-0.39, 0.29) is 11.2 Å². The molecule has 6 nitrogen and oxygen atoms in total. The molecular weight excluding hydrogens is 382 g/mol. The molecule has 27 heavy (non-hydrogen) atoms. The van der Waals surface area contributed by atoms with Gasteiger partial charge in [-0.1, -0.05) is 17.8 Å². The van der Waals surface area contributed by atoms with Crippen molar-refractivity contribution in [2.45, 2.75) is 11.7 Å². The van der Waals surface area contributed by atoms with Crippen LogP contribution in [0.4, 0.5) is 0 Å². The summed E-state index contributed by atoms with van der Waals surface area (Å²) < 4.78 is 11.6. The molecule has 3 aromatic rings. The molecule has 0 fully saturated rings. The van der Waals surface area contributed by atoms with Crippen molar-refractivity contribution in [2.75, 3.05) is 14.2 Å². The van der Waals surface area contributed by atoms with Gasteiger partial charge in [-0.3, -0.25) is 9.78 Å². The van der Waals surface area contributed by atoms with E-state index in [9.17, 15) is 4.79 Å². The molecular formula is C19H17N3O3S2. The number of hydrogen-bond acceptors (Lipinski definition) is 7. The lowest BCUT2D eigenvalue weighted by molar-refractivity contribution is 0.0968. The Morgan fingerprint density at radius 3 is 2.70 bits per heavy atom. The first-order valence-corrected chi connectivity index (χ1v) is 9.97. The molecule has 1 aliphatic rings. The molecule has 1 N–H and O–H groups in total. The molecule has 0 spiro atoms. The minimum absolute atomic E-state index is 0.194. The molecule has 138 valence electrons. The second-order valence-corrected chi connectivity index (χ2v) is 8.17. The van der Waals surface area contributed by atoms with Gasteiger partial charge >= 0.3 is 0 Å². The smallest absolute Gasteiger partial charge is 0.256 e. The summed E-state index contributed by atoms with van der Waals surface area (Å²) in [5.41, 5.74) is 1.40. The topological polar surface area (TPSA) is 73.3 Å². The molecule has 1 amide bonds. The highest BCUT2D eigenvalue weighted by Crippen LogP contribution is 2.44. The van der Waals surface area contributed by atoms with Crippen molar-refractivity contribution in [1.29, 1.82) is 0 Å². The van der Waals surface area contributed by atoms with Crippen molar-refractivity contribution in [1.82, 2.24) is 15.3 Å². The highest BCUT2D eigenvalue weighted by atomic mass is 32.2. The second-order valence-electron chi connectivity index (χ2n) is 5.86. The molecule has 3 heterocycles. The Bertz CT molecular complexity index is 977. The van der Waals surface area contributed by atoms with Crippen LogP contribution in [-0.4, -0.2) is 30.1 Å². The fraction of sp³-hybridized carbons (Fsp3) is 0.211. The SMILES string of the molecule is COc1cc(OC)cc(C(=O)NC2=CCC(c3nc4cnccc4s3)S2)c1. The maximum atomic E-state index is 12.6. The van der Waals surface area contributed by atoms with E-state index >= 15 is 0 Å². The Kier molecular flexibility index (Phi) is 5.00. The Labute approximate surface area is 164 Å². The summed E-state index contributed by atoms with van der Waals surface area (Å²) in [6.45, 7) is 0. The van der Waals surface area contributed by atoms with Gasteiger partial charge in [0.2, 0.25) is 0 Å². The third-order valence-corrected chi connectivity index (χ3v) is 6.64. The normalized spacial score (nSPS) is 16.2. The fourth-order valence-electron chi connectivity index (χ4n) is 2.75. The lowest BCUT2D eigenvalue weighted by Gasteiger charge is -2.10. The number of amides is 1. The lowest BCUT2D eigenvalue weighted by atomic mass is 10.2. The Hall–Kier alpha value is -2.58. The predicted octanol–water partition coefficient (Wildman–Crippen LogP) is 4.16. The predicted molar refractivity (Wildman–Crippen MR) is 107 cm³/mol. The molecule has 0 bridgehead atoms. The van der Waals surface area contributed by atoms with Crippen LogP contribution in [0.15, 0.2) is 47.8 Å². The van der Waals surface area contributed by atoms with Crippen LogP contribution in [0.3, 0.4) is 0 Å². The Morgan fingerprint density at radius 1 is 1.22 bits per heavy atom. The average Bonchev–Trinajstić information content (AvgIpc) is 3.34. The number of nitrogens with zero attached hydrogens (tertiary/aromatic N) is 2. The lowest BCUT2D eigenvalue weighted by Crippen LogP contribution is -2.20. The van der Waals surface area contributed by atoms with Crippen LogP contribution in [0.5, 0.6) is 11.5 Å². The van der Waals surface area contributed by atoms with Gasteiger partial charge in [0, 0.05) is 17.8 Å². The maximum Gasteiger partial charge on any atom is 0.256 e. The summed E-state index contributed by atoms with van der Waals surface area (Å²) in [6, 6.07) is 7.09. The van der Waals surface area contributed by atoms with Gasteiger partial charge in [-0.25, -0.2) is 4.98 Å². The molecule has 0 saturated heterocycles. The van der Waals surface area contributed by atoms with Gasteiger partial charge in [-0.05, 0) is 24.6 Å². The van der Waals surface area contributed by atoms with E-state index in [1.807, 2.05) is 12.1 Å². The molecule has 0 saturated carbocycles. The van der Waals surface area contributed by atoms with Crippen LogP contribution in [-0.2, 0) is 0 Å². The van der Waals surface area contributed by atoms with E-state index in [0.717, 1.165) is 26.7 Å². The maximum absolute atomic E-state index is 12.6. The van der Waals surface area contributed by atoms with Crippen molar-refractivity contribution in [2.24, 2.45) is 0 Å². The minimum Gasteiger partial charge on any atom is -0.497 e. The summed E-state index contributed by atoms with van der Waals surface area (Å²) >= 11 is 3.29. The van der Waals surface area contributed by atoms with Gasteiger partial charge in [0.1, 0.15) is 16.5 Å².